The van der Waals surface area contributed by atoms with Crippen molar-refractivity contribution in [3.05, 3.63) is 40.1 Å². The van der Waals surface area contributed by atoms with Crippen LogP contribution in [0.2, 0.25) is 0 Å². The van der Waals surface area contributed by atoms with Crippen molar-refractivity contribution in [2.75, 3.05) is 0 Å². The summed E-state index contributed by atoms with van der Waals surface area (Å²) in [6.45, 7) is 0. The average molecular weight is 289 g/mol. The Hall–Kier alpha value is 0.495. The van der Waals surface area contributed by atoms with E-state index in [1.54, 1.807) is 6.07 Å². The van der Waals surface area contributed by atoms with Crippen LogP contribution in [-0.2, 0) is 0 Å². The van der Waals surface area contributed by atoms with Crippen molar-refractivity contribution in [1.29, 1.82) is 0 Å². The molecular formula is C13H15O2Rb. The molecule has 1 aromatic rings. The number of hydrogen-bond donors (Lipinski definition) is 0. The largest absolute Gasteiger partial charge is 1.00 e. The smallest absolute Gasteiger partial charge is 0.870 e. The molecule has 0 radical (unpaired) electrons. The molecule has 16 heavy (non-hydrogen) atoms. The molecule has 0 bridgehead atoms. The minimum Gasteiger partial charge on any atom is -0.870 e. The molecule has 2 rings (SSSR count). The molecule has 2 nitrogen and oxygen atoms in total. The fraction of sp³-hybridized carbons (Fsp3) is 0.462. The zero-order valence-electron chi connectivity index (χ0n) is 9.74. The van der Waals surface area contributed by atoms with Gasteiger partial charge in [0, 0.05) is 0 Å². The first-order valence-electron chi connectivity index (χ1n) is 5.58. The van der Waals surface area contributed by atoms with Crippen molar-refractivity contribution in [3.63, 3.8) is 0 Å². The fourth-order valence-electron chi connectivity index (χ4n) is 2.29. The third-order valence-corrected chi connectivity index (χ3v) is 3.15. The van der Waals surface area contributed by atoms with Crippen LogP contribution in [0, 0.1) is 0 Å². The standard InChI is InChI=1S/C13H16O2.Rb/c14-12-8-4-7-11(9-13(12)15)10-5-2-1-3-6-10;/h4,7-10H,1-3,5-6H2,(H,14,15);/q;+1/p-1. The third-order valence-electron chi connectivity index (χ3n) is 3.15. The molecule has 1 aliphatic carbocycles. The molecule has 0 amide bonds. The van der Waals surface area contributed by atoms with Gasteiger partial charge in [0.2, 0.25) is 0 Å². The van der Waals surface area contributed by atoms with Crippen LogP contribution >= 0.6 is 0 Å². The summed E-state index contributed by atoms with van der Waals surface area (Å²) in [5.41, 5.74) is 0.638. The van der Waals surface area contributed by atoms with Crippen LogP contribution in [0.15, 0.2) is 29.1 Å². The minimum atomic E-state index is -0.406. The van der Waals surface area contributed by atoms with Crippen LogP contribution in [0.25, 0.3) is 0 Å². The summed E-state index contributed by atoms with van der Waals surface area (Å²) in [5.74, 6) is 0.110. The normalized spacial score (nSPS) is 16.5. The van der Waals surface area contributed by atoms with Gasteiger partial charge in [-0.3, -0.25) is 4.79 Å². The van der Waals surface area contributed by atoms with Gasteiger partial charge < -0.3 is 5.11 Å². The van der Waals surface area contributed by atoms with Crippen molar-refractivity contribution < 1.29 is 63.3 Å². The maximum Gasteiger partial charge on any atom is 1.00 e. The maximum absolute atomic E-state index is 11.4. The second-order valence-electron chi connectivity index (χ2n) is 4.23. The Bertz CT molecular complexity index is 397. The van der Waals surface area contributed by atoms with Gasteiger partial charge >= 0.3 is 58.2 Å². The van der Waals surface area contributed by atoms with Crippen LogP contribution in [0.1, 0.15) is 43.6 Å². The second kappa shape index (κ2) is 7.05. The van der Waals surface area contributed by atoms with E-state index in [4.69, 9.17) is 0 Å². The molecule has 0 atom stereocenters. The van der Waals surface area contributed by atoms with Crippen molar-refractivity contribution in [2.24, 2.45) is 0 Å². The molecular weight excluding hydrogens is 274 g/mol. The molecule has 1 saturated carbocycles. The van der Waals surface area contributed by atoms with Gasteiger partial charge in [0.1, 0.15) is 0 Å². The average Bonchev–Trinajstić information content (AvgIpc) is 2.43. The van der Waals surface area contributed by atoms with Gasteiger partial charge in [-0.25, -0.2) is 0 Å². The first-order chi connectivity index (χ1) is 7.27. The fourth-order valence-corrected chi connectivity index (χ4v) is 2.29. The summed E-state index contributed by atoms with van der Waals surface area (Å²) < 4.78 is 0. The maximum atomic E-state index is 11.4. The zero-order valence-corrected chi connectivity index (χ0v) is 14.7. The van der Waals surface area contributed by atoms with Crippen LogP contribution in [0.3, 0.4) is 0 Å². The molecule has 3 heteroatoms. The SMILES string of the molecule is O=c1cccc(C2CCCCC2)cc1[O-].[Rb+]. The predicted octanol–water partition coefficient (Wildman–Crippen LogP) is -0.828. The molecule has 0 N–H and O–H groups in total. The van der Waals surface area contributed by atoms with Crippen molar-refractivity contribution in [2.45, 2.75) is 38.0 Å². The Balaban J connectivity index is 0.00000128. The summed E-state index contributed by atoms with van der Waals surface area (Å²) in [4.78, 5) is 11.1. The molecule has 0 spiro atoms. The molecule has 0 aromatic heterocycles. The predicted molar refractivity (Wildman–Crippen MR) is 58.0 cm³/mol. The molecule has 0 saturated heterocycles. The van der Waals surface area contributed by atoms with Crippen molar-refractivity contribution >= 4 is 0 Å². The van der Waals surface area contributed by atoms with Crippen LogP contribution < -0.4 is 68.7 Å². The van der Waals surface area contributed by atoms with Gasteiger partial charge in [-0.1, -0.05) is 43.2 Å². The van der Waals surface area contributed by atoms with Crippen LogP contribution in [-0.4, -0.2) is 0 Å². The Morgan fingerprint density at radius 1 is 1.12 bits per heavy atom. The van der Waals surface area contributed by atoms with E-state index in [1.165, 1.54) is 31.4 Å². The van der Waals surface area contributed by atoms with E-state index in [0.29, 0.717) is 5.92 Å². The van der Waals surface area contributed by atoms with Gasteiger partial charge in [0.05, 0.1) is 0 Å². The molecule has 1 fully saturated rings. The summed E-state index contributed by atoms with van der Waals surface area (Å²) >= 11 is 0. The summed E-state index contributed by atoms with van der Waals surface area (Å²) in [6, 6.07) is 6.50. The molecule has 0 aliphatic heterocycles. The zero-order chi connectivity index (χ0) is 10.7. The Morgan fingerprint density at radius 2 is 1.81 bits per heavy atom. The van der Waals surface area contributed by atoms with Crippen molar-refractivity contribution in [1.82, 2.24) is 0 Å². The summed E-state index contributed by atoms with van der Waals surface area (Å²) in [7, 11) is 0. The molecule has 1 aliphatic rings. The van der Waals surface area contributed by atoms with Crippen LogP contribution in [0.5, 0.6) is 5.75 Å². The van der Waals surface area contributed by atoms with E-state index in [9.17, 15) is 9.90 Å². The van der Waals surface area contributed by atoms with Crippen LogP contribution in [0.4, 0.5) is 0 Å². The van der Waals surface area contributed by atoms with E-state index in [2.05, 4.69) is 0 Å². The second-order valence-corrected chi connectivity index (χ2v) is 4.23. The summed E-state index contributed by atoms with van der Waals surface area (Å²) in [6.07, 6.45) is 6.07. The Kier molecular flexibility index (Phi) is 6.41. The molecule has 0 heterocycles. The van der Waals surface area contributed by atoms with E-state index < -0.39 is 5.43 Å². The topological polar surface area (TPSA) is 40.1 Å². The monoisotopic (exact) mass is 288 g/mol. The minimum absolute atomic E-state index is 0. The van der Waals surface area contributed by atoms with Gasteiger partial charge in [-0.2, -0.15) is 0 Å². The van der Waals surface area contributed by atoms with E-state index in [0.717, 1.165) is 18.4 Å². The molecule has 0 unspecified atom stereocenters. The van der Waals surface area contributed by atoms with Gasteiger partial charge in [-0.05, 0) is 30.4 Å². The van der Waals surface area contributed by atoms with Gasteiger partial charge in [0.25, 0.3) is 0 Å². The quantitative estimate of drug-likeness (QED) is 0.677. The van der Waals surface area contributed by atoms with Gasteiger partial charge in [0.15, 0.2) is 5.43 Å². The third kappa shape index (κ3) is 3.76. The van der Waals surface area contributed by atoms with Crippen molar-refractivity contribution in [3.8, 4) is 5.75 Å². The van der Waals surface area contributed by atoms with E-state index in [-0.39, 0.29) is 63.9 Å². The Labute approximate surface area is 145 Å². The molecule has 1 aromatic carbocycles. The molecule has 80 valence electrons. The number of rotatable bonds is 1. The summed E-state index contributed by atoms with van der Waals surface area (Å²) in [5, 5.41) is 11.4. The van der Waals surface area contributed by atoms with Gasteiger partial charge in [-0.15, -0.1) is 0 Å². The first-order valence-corrected chi connectivity index (χ1v) is 5.58. The number of hydrogen-bond acceptors (Lipinski definition) is 2. The first kappa shape index (κ1) is 14.6. The van der Waals surface area contributed by atoms with E-state index >= 15 is 0 Å². The Morgan fingerprint density at radius 3 is 2.50 bits per heavy atom. The van der Waals surface area contributed by atoms with E-state index in [1.807, 2.05) is 6.07 Å².